The highest BCUT2D eigenvalue weighted by Gasteiger charge is 2.27. The van der Waals surface area contributed by atoms with Gasteiger partial charge in [-0.15, -0.1) is 0 Å². The fraction of sp³-hybridized carbons (Fsp3) is 0.667. The predicted octanol–water partition coefficient (Wildman–Crippen LogP) is 2.16. The third-order valence-corrected chi connectivity index (χ3v) is 4.43. The Morgan fingerprint density at radius 3 is 2.63 bits per heavy atom. The zero-order valence-corrected chi connectivity index (χ0v) is 12.7. The number of nitrogens with one attached hydrogen (secondary N) is 1. The van der Waals surface area contributed by atoms with Gasteiger partial charge in [-0.2, -0.15) is 0 Å². The van der Waals surface area contributed by atoms with Crippen LogP contribution in [0, 0.1) is 6.92 Å². The van der Waals surface area contributed by atoms with Crippen LogP contribution in [-0.2, 0) is 9.84 Å². The van der Waals surface area contributed by atoms with Crippen molar-refractivity contribution in [3.05, 3.63) is 16.5 Å². The zero-order valence-electron chi connectivity index (χ0n) is 11.1. The molecule has 106 valence electrons. The summed E-state index contributed by atoms with van der Waals surface area (Å²) in [5, 5.41) is 3.62. The number of sulfone groups is 1. The number of aromatic nitrogens is 2. The van der Waals surface area contributed by atoms with Crippen LogP contribution in [0.2, 0.25) is 5.15 Å². The third kappa shape index (κ3) is 4.31. The Balaban J connectivity index is 1.99. The first-order valence-electron chi connectivity index (χ1n) is 6.32. The fourth-order valence-electron chi connectivity index (χ4n) is 1.74. The van der Waals surface area contributed by atoms with E-state index in [1.54, 1.807) is 0 Å². The second-order valence-electron chi connectivity index (χ2n) is 5.03. The molecule has 0 bridgehead atoms. The molecule has 5 nitrogen and oxygen atoms in total. The van der Waals surface area contributed by atoms with Crippen LogP contribution in [0.15, 0.2) is 0 Å². The Morgan fingerprint density at radius 2 is 2.05 bits per heavy atom. The van der Waals surface area contributed by atoms with Crippen molar-refractivity contribution < 1.29 is 8.42 Å². The minimum atomic E-state index is -2.91. The first-order chi connectivity index (χ1) is 8.87. The van der Waals surface area contributed by atoms with Crippen molar-refractivity contribution in [1.82, 2.24) is 9.97 Å². The van der Waals surface area contributed by atoms with Crippen molar-refractivity contribution in [3.8, 4) is 0 Å². The fourth-order valence-corrected chi connectivity index (χ4v) is 2.59. The molecule has 0 unspecified atom stereocenters. The Bertz CT molecular complexity index is 571. The second-order valence-corrected chi connectivity index (χ2v) is 7.65. The molecule has 0 aromatic carbocycles. The van der Waals surface area contributed by atoms with Gasteiger partial charge in [0.25, 0.3) is 0 Å². The number of anilines is 1. The van der Waals surface area contributed by atoms with E-state index < -0.39 is 9.84 Å². The largest absolute Gasteiger partial charge is 0.370 e. The van der Waals surface area contributed by atoms with E-state index in [1.807, 2.05) is 6.92 Å². The van der Waals surface area contributed by atoms with Gasteiger partial charge >= 0.3 is 0 Å². The maximum absolute atomic E-state index is 11.0. The summed E-state index contributed by atoms with van der Waals surface area (Å²) in [5.41, 5.74) is 0.811. The molecule has 1 aromatic rings. The molecule has 0 aliphatic heterocycles. The topological polar surface area (TPSA) is 72.0 Å². The highest BCUT2D eigenvalue weighted by Crippen LogP contribution is 2.39. The first kappa shape index (κ1) is 14.5. The minimum absolute atomic E-state index is 0.174. The molecule has 1 N–H and O–H groups in total. The van der Waals surface area contributed by atoms with Crippen molar-refractivity contribution in [2.24, 2.45) is 0 Å². The van der Waals surface area contributed by atoms with Gasteiger partial charge in [0, 0.05) is 24.3 Å². The standard InChI is InChI=1S/C12H18ClN3O2S/c1-8-10(13)15-12(9-4-5-9)16-11(8)14-6-3-7-19(2,17)18/h9H,3-7H2,1-2H3,(H,14,15,16). The third-order valence-electron chi connectivity index (χ3n) is 3.03. The first-order valence-corrected chi connectivity index (χ1v) is 8.76. The van der Waals surface area contributed by atoms with Crippen molar-refractivity contribution in [3.63, 3.8) is 0 Å². The molecular weight excluding hydrogens is 286 g/mol. The second kappa shape index (κ2) is 5.63. The molecule has 1 fully saturated rings. The van der Waals surface area contributed by atoms with E-state index in [-0.39, 0.29) is 5.75 Å². The Morgan fingerprint density at radius 1 is 1.37 bits per heavy atom. The van der Waals surface area contributed by atoms with Crippen LogP contribution >= 0.6 is 11.6 Å². The van der Waals surface area contributed by atoms with Gasteiger partial charge in [0.1, 0.15) is 26.6 Å². The van der Waals surface area contributed by atoms with E-state index in [4.69, 9.17) is 11.6 Å². The molecule has 0 amide bonds. The number of hydrogen-bond donors (Lipinski definition) is 1. The normalized spacial score (nSPS) is 15.5. The molecule has 1 saturated carbocycles. The summed E-state index contributed by atoms with van der Waals surface area (Å²) in [6.07, 6.45) is 4.03. The highest BCUT2D eigenvalue weighted by molar-refractivity contribution is 7.90. The summed E-state index contributed by atoms with van der Waals surface area (Å²) in [6, 6.07) is 0. The van der Waals surface area contributed by atoms with Crippen molar-refractivity contribution in [1.29, 1.82) is 0 Å². The van der Waals surface area contributed by atoms with Gasteiger partial charge < -0.3 is 5.32 Å². The minimum Gasteiger partial charge on any atom is -0.370 e. The molecule has 19 heavy (non-hydrogen) atoms. The van der Waals surface area contributed by atoms with Gasteiger partial charge in [0.05, 0.1) is 5.75 Å². The molecule has 1 aliphatic carbocycles. The Kier molecular flexibility index (Phi) is 4.30. The van der Waals surface area contributed by atoms with Gasteiger partial charge in [-0.05, 0) is 26.2 Å². The number of hydrogen-bond acceptors (Lipinski definition) is 5. The van der Waals surface area contributed by atoms with Gasteiger partial charge in [0.2, 0.25) is 0 Å². The highest BCUT2D eigenvalue weighted by atomic mass is 35.5. The lowest BCUT2D eigenvalue weighted by molar-refractivity contribution is 0.600. The number of rotatable bonds is 6. The monoisotopic (exact) mass is 303 g/mol. The maximum atomic E-state index is 11.0. The Labute approximate surface area is 118 Å². The van der Waals surface area contributed by atoms with Crippen LogP contribution in [-0.4, -0.2) is 36.9 Å². The number of nitrogens with zero attached hydrogens (tertiary/aromatic N) is 2. The summed E-state index contributed by atoms with van der Waals surface area (Å²) < 4.78 is 22.1. The average Bonchev–Trinajstić information content (AvgIpc) is 3.12. The SMILES string of the molecule is Cc1c(Cl)nc(C2CC2)nc1NCCCS(C)(=O)=O. The van der Waals surface area contributed by atoms with Crippen LogP contribution < -0.4 is 5.32 Å². The van der Waals surface area contributed by atoms with Gasteiger partial charge in [0.15, 0.2) is 0 Å². The molecule has 0 radical (unpaired) electrons. The average molecular weight is 304 g/mol. The van der Waals surface area contributed by atoms with Gasteiger partial charge in [-0.1, -0.05) is 11.6 Å². The number of halogens is 1. The lowest BCUT2D eigenvalue weighted by Crippen LogP contribution is -2.12. The van der Waals surface area contributed by atoms with Gasteiger partial charge in [-0.3, -0.25) is 0 Å². The van der Waals surface area contributed by atoms with E-state index in [0.29, 0.717) is 24.0 Å². The molecule has 7 heteroatoms. The molecule has 2 rings (SSSR count). The lowest BCUT2D eigenvalue weighted by atomic mass is 10.3. The Hall–Kier alpha value is -0.880. The molecular formula is C12H18ClN3O2S. The summed E-state index contributed by atoms with van der Waals surface area (Å²) in [4.78, 5) is 8.75. The van der Waals surface area contributed by atoms with Crippen molar-refractivity contribution in [2.75, 3.05) is 23.9 Å². The van der Waals surface area contributed by atoms with Crippen LogP contribution in [0.1, 0.15) is 36.6 Å². The molecule has 0 spiro atoms. The molecule has 1 aliphatic rings. The maximum Gasteiger partial charge on any atom is 0.147 e. The molecule has 0 atom stereocenters. The predicted molar refractivity (Wildman–Crippen MR) is 76.6 cm³/mol. The van der Waals surface area contributed by atoms with E-state index >= 15 is 0 Å². The lowest BCUT2D eigenvalue weighted by Gasteiger charge is -2.11. The molecule has 0 saturated heterocycles. The quantitative estimate of drug-likeness (QED) is 0.644. The summed E-state index contributed by atoms with van der Waals surface area (Å²) in [6.45, 7) is 2.42. The zero-order chi connectivity index (χ0) is 14.0. The van der Waals surface area contributed by atoms with Crippen LogP contribution in [0.4, 0.5) is 5.82 Å². The van der Waals surface area contributed by atoms with E-state index in [9.17, 15) is 8.42 Å². The van der Waals surface area contributed by atoms with Gasteiger partial charge in [-0.25, -0.2) is 18.4 Å². The van der Waals surface area contributed by atoms with Crippen molar-refractivity contribution >= 4 is 27.3 Å². The summed E-state index contributed by atoms with van der Waals surface area (Å²) >= 11 is 6.09. The summed E-state index contributed by atoms with van der Waals surface area (Å²) in [5.74, 6) is 2.12. The van der Waals surface area contributed by atoms with E-state index in [0.717, 1.165) is 30.0 Å². The summed E-state index contributed by atoms with van der Waals surface area (Å²) in [7, 11) is -2.91. The molecule has 1 heterocycles. The van der Waals surface area contributed by atoms with E-state index in [2.05, 4.69) is 15.3 Å². The van der Waals surface area contributed by atoms with Crippen LogP contribution in [0.5, 0.6) is 0 Å². The van der Waals surface area contributed by atoms with Crippen LogP contribution in [0.3, 0.4) is 0 Å². The smallest absolute Gasteiger partial charge is 0.147 e. The molecule has 1 aromatic heterocycles. The van der Waals surface area contributed by atoms with E-state index in [1.165, 1.54) is 6.26 Å². The van der Waals surface area contributed by atoms with Crippen molar-refractivity contribution in [2.45, 2.75) is 32.1 Å². The van der Waals surface area contributed by atoms with Crippen LogP contribution in [0.25, 0.3) is 0 Å².